The molecule has 2 aliphatic heterocycles. The quantitative estimate of drug-likeness (QED) is 0.787. The summed E-state index contributed by atoms with van der Waals surface area (Å²) in [4.78, 5) is 14.4. The van der Waals surface area contributed by atoms with Crippen molar-refractivity contribution in [2.24, 2.45) is 0 Å². The number of halogens is 1. The van der Waals surface area contributed by atoms with E-state index in [0.717, 1.165) is 17.6 Å². The Labute approximate surface area is 150 Å². The van der Waals surface area contributed by atoms with Crippen molar-refractivity contribution in [1.82, 2.24) is 9.21 Å². The highest BCUT2D eigenvalue weighted by Gasteiger charge is 2.42. The Bertz CT molecular complexity index is 735. The molecule has 1 unspecified atom stereocenters. The van der Waals surface area contributed by atoms with Gasteiger partial charge in [-0.25, -0.2) is 12.8 Å². The second-order valence-electron chi connectivity index (χ2n) is 5.76. The molecule has 1 aromatic carbocycles. The number of carbonyl (C=O) groups is 1. The Morgan fingerprint density at radius 3 is 2.62 bits per heavy atom. The minimum Gasteiger partial charge on any atom is -0.340 e. The Morgan fingerprint density at radius 2 is 1.96 bits per heavy atom. The molecule has 0 aromatic heterocycles. The van der Waals surface area contributed by atoms with Crippen LogP contribution in [0.1, 0.15) is 5.56 Å². The first-order chi connectivity index (χ1) is 11.4. The zero-order chi connectivity index (χ0) is 17.3. The summed E-state index contributed by atoms with van der Waals surface area (Å²) in [5.74, 6) is 1.71. The predicted octanol–water partition coefficient (Wildman–Crippen LogP) is 1.77. The summed E-state index contributed by atoms with van der Waals surface area (Å²) in [5.41, 5.74) is 0.392. The highest BCUT2D eigenvalue weighted by Crippen LogP contribution is 2.30. The molecule has 0 bridgehead atoms. The van der Waals surface area contributed by atoms with E-state index in [0.29, 0.717) is 24.4 Å². The van der Waals surface area contributed by atoms with Crippen LogP contribution in [-0.4, -0.2) is 65.8 Å². The van der Waals surface area contributed by atoms with E-state index in [-0.39, 0.29) is 16.7 Å². The molecule has 2 heterocycles. The lowest BCUT2D eigenvalue weighted by Gasteiger charge is -2.31. The van der Waals surface area contributed by atoms with Gasteiger partial charge in [0.2, 0.25) is 15.9 Å². The van der Waals surface area contributed by atoms with E-state index in [1.165, 1.54) is 28.2 Å². The number of rotatable bonds is 3. The van der Waals surface area contributed by atoms with Gasteiger partial charge in [-0.1, -0.05) is 6.07 Å². The van der Waals surface area contributed by atoms with Crippen molar-refractivity contribution in [1.29, 1.82) is 0 Å². The molecule has 132 valence electrons. The molecular formula is C15H19FN2O3S3. The third-order valence-electron chi connectivity index (χ3n) is 4.20. The summed E-state index contributed by atoms with van der Waals surface area (Å²) < 4.78 is 40.7. The smallest absolute Gasteiger partial charge is 0.244 e. The Kier molecular flexibility index (Phi) is 5.43. The number of amides is 1. The van der Waals surface area contributed by atoms with E-state index in [9.17, 15) is 17.6 Å². The van der Waals surface area contributed by atoms with Crippen molar-refractivity contribution < 1.29 is 17.6 Å². The number of sulfonamides is 1. The molecule has 0 radical (unpaired) electrons. The summed E-state index contributed by atoms with van der Waals surface area (Å²) in [6.07, 6.45) is 0. The maximum Gasteiger partial charge on any atom is 0.244 e. The largest absolute Gasteiger partial charge is 0.340 e. The third-order valence-corrected chi connectivity index (χ3v) is 8.17. The van der Waals surface area contributed by atoms with Crippen molar-refractivity contribution in [2.75, 3.05) is 36.2 Å². The fourth-order valence-electron chi connectivity index (χ4n) is 2.72. The Hall–Kier alpha value is -0.770. The average molecular weight is 391 g/mol. The van der Waals surface area contributed by atoms with E-state index < -0.39 is 21.9 Å². The highest BCUT2D eigenvalue weighted by atomic mass is 32.2. The SMILES string of the molecule is Cc1ccc(S(=O)(=O)N2CSCC2C(=O)N2CCSCC2)cc1F. The number of hydrogen-bond acceptors (Lipinski definition) is 5. The number of hydrogen-bond donors (Lipinski definition) is 0. The first-order valence-electron chi connectivity index (χ1n) is 7.63. The van der Waals surface area contributed by atoms with Gasteiger partial charge in [0, 0.05) is 30.3 Å². The normalized spacial score (nSPS) is 22.8. The molecule has 2 fully saturated rings. The predicted molar refractivity (Wildman–Crippen MR) is 95.2 cm³/mol. The van der Waals surface area contributed by atoms with Crippen LogP contribution in [0.15, 0.2) is 23.1 Å². The zero-order valence-electron chi connectivity index (χ0n) is 13.3. The summed E-state index contributed by atoms with van der Waals surface area (Å²) in [5, 5.41) is 0. The minimum atomic E-state index is -3.89. The van der Waals surface area contributed by atoms with Crippen LogP contribution in [-0.2, 0) is 14.8 Å². The van der Waals surface area contributed by atoms with Gasteiger partial charge in [0.05, 0.1) is 10.8 Å². The molecule has 1 aromatic rings. The van der Waals surface area contributed by atoms with Gasteiger partial charge in [-0.15, -0.1) is 11.8 Å². The molecule has 2 saturated heterocycles. The summed E-state index contributed by atoms with van der Waals surface area (Å²) in [7, 11) is -3.89. The molecule has 5 nitrogen and oxygen atoms in total. The van der Waals surface area contributed by atoms with Crippen molar-refractivity contribution >= 4 is 39.5 Å². The van der Waals surface area contributed by atoms with Crippen LogP contribution in [0.25, 0.3) is 0 Å². The lowest BCUT2D eigenvalue weighted by Crippen LogP contribution is -2.51. The van der Waals surface area contributed by atoms with Gasteiger partial charge < -0.3 is 4.90 Å². The maximum atomic E-state index is 13.8. The van der Waals surface area contributed by atoms with Gasteiger partial charge in [0.25, 0.3) is 0 Å². The molecule has 0 spiro atoms. The average Bonchev–Trinajstić information content (AvgIpc) is 3.08. The zero-order valence-corrected chi connectivity index (χ0v) is 15.7. The summed E-state index contributed by atoms with van der Waals surface area (Å²) in [6, 6.07) is 3.18. The van der Waals surface area contributed by atoms with Gasteiger partial charge in [0.15, 0.2) is 0 Å². The Balaban J connectivity index is 1.85. The molecule has 1 atom stereocenters. The van der Waals surface area contributed by atoms with Crippen LogP contribution < -0.4 is 0 Å². The van der Waals surface area contributed by atoms with E-state index >= 15 is 0 Å². The van der Waals surface area contributed by atoms with Gasteiger partial charge in [-0.3, -0.25) is 4.79 Å². The van der Waals surface area contributed by atoms with Crippen LogP contribution >= 0.6 is 23.5 Å². The van der Waals surface area contributed by atoms with Crippen LogP contribution in [0.5, 0.6) is 0 Å². The molecule has 9 heteroatoms. The summed E-state index contributed by atoms with van der Waals surface area (Å²) in [6.45, 7) is 2.88. The first kappa shape index (κ1) is 18.0. The molecule has 24 heavy (non-hydrogen) atoms. The highest BCUT2D eigenvalue weighted by molar-refractivity contribution is 8.00. The second-order valence-corrected chi connectivity index (χ2v) is 9.87. The van der Waals surface area contributed by atoms with Crippen LogP contribution in [0.4, 0.5) is 4.39 Å². The van der Waals surface area contributed by atoms with E-state index in [1.54, 1.807) is 23.6 Å². The van der Waals surface area contributed by atoms with Crippen molar-refractivity contribution in [2.45, 2.75) is 17.9 Å². The monoisotopic (exact) mass is 390 g/mol. The second kappa shape index (κ2) is 7.23. The fourth-order valence-corrected chi connectivity index (χ4v) is 6.77. The third kappa shape index (κ3) is 3.44. The molecular weight excluding hydrogens is 371 g/mol. The molecule has 3 rings (SSSR count). The van der Waals surface area contributed by atoms with Crippen LogP contribution in [0, 0.1) is 12.7 Å². The standard InChI is InChI=1S/C15H19FN2O3S3/c1-11-2-3-12(8-13(11)16)24(20,21)18-10-23-9-14(18)15(19)17-4-6-22-7-5-17/h2-3,8,14H,4-7,9-10H2,1H3. The van der Waals surface area contributed by atoms with Gasteiger partial charge >= 0.3 is 0 Å². The number of aryl methyl sites for hydroxylation is 1. The first-order valence-corrected chi connectivity index (χ1v) is 11.4. The minimum absolute atomic E-state index is 0.0971. The molecule has 0 saturated carbocycles. The van der Waals surface area contributed by atoms with E-state index in [1.807, 2.05) is 0 Å². The van der Waals surface area contributed by atoms with Crippen molar-refractivity contribution in [3.8, 4) is 0 Å². The van der Waals surface area contributed by atoms with Crippen molar-refractivity contribution in [3.63, 3.8) is 0 Å². The number of nitrogens with zero attached hydrogens (tertiary/aromatic N) is 2. The van der Waals surface area contributed by atoms with Crippen LogP contribution in [0.2, 0.25) is 0 Å². The van der Waals surface area contributed by atoms with Gasteiger partial charge in [-0.05, 0) is 24.6 Å². The topological polar surface area (TPSA) is 57.7 Å². The Morgan fingerprint density at radius 1 is 1.25 bits per heavy atom. The molecule has 0 N–H and O–H groups in total. The van der Waals surface area contributed by atoms with E-state index in [4.69, 9.17) is 0 Å². The molecule has 0 aliphatic carbocycles. The number of thioether (sulfide) groups is 2. The lowest BCUT2D eigenvalue weighted by molar-refractivity contribution is -0.133. The summed E-state index contributed by atoms with van der Waals surface area (Å²) >= 11 is 3.20. The molecule has 2 aliphatic rings. The number of carbonyl (C=O) groups excluding carboxylic acids is 1. The van der Waals surface area contributed by atoms with Gasteiger partial charge in [-0.2, -0.15) is 16.1 Å². The maximum absolute atomic E-state index is 13.8. The van der Waals surface area contributed by atoms with Crippen molar-refractivity contribution in [3.05, 3.63) is 29.6 Å². The van der Waals surface area contributed by atoms with Crippen LogP contribution in [0.3, 0.4) is 0 Å². The number of benzene rings is 1. The van der Waals surface area contributed by atoms with Gasteiger partial charge in [0.1, 0.15) is 11.9 Å². The fraction of sp³-hybridized carbons (Fsp3) is 0.533. The molecule has 1 amide bonds. The lowest BCUT2D eigenvalue weighted by atomic mass is 10.2. The van der Waals surface area contributed by atoms with E-state index in [2.05, 4.69) is 0 Å².